The number of carbonyl (C=O) groups excluding carboxylic acids is 1. The number of carbonyl (C=O) groups is 1. The van der Waals surface area contributed by atoms with Crippen molar-refractivity contribution in [3.05, 3.63) is 33.4 Å². The second-order valence-electron chi connectivity index (χ2n) is 3.23. The summed E-state index contributed by atoms with van der Waals surface area (Å²) < 4.78 is 0.978. The molecular formula is C11H15IN2O. The summed E-state index contributed by atoms with van der Waals surface area (Å²) in [4.78, 5) is 11.7. The molecule has 0 bridgehead atoms. The molecule has 0 aliphatic rings. The molecule has 0 aromatic heterocycles. The van der Waals surface area contributed by atoms with E-state index in [4.69, 9.17) is 5.73 Å². The van der Waals surface area contributed by atoms with Crippen molar-refractivity contribution in [2.24, 2.45) is 5.73 Å². The van der Waals surface area contributed by atoms with Gasteiger partial charge in [0.2, 0.25) is 0 Å². The molecule has 1 rings (SSSR count). The van der Waals surface area contributed by atoms with E-state index in [0.717, 1.165) is 22.0 Å². The number of nitrogens with two attached hydrogens (primary N) is 1. The van der Waals surface area contributed by atoms with Crippen LogP contribution in [0, 0.1) is 3.57 Å². The molecule has 0 aliphatic carbocycles. The molecule has 0 radical (unpaired) electrons. The van der Waals surface area contributed by atoms with Crippen molar-refractivity contribution in [2.45, 2.75) is 12.8 Å². The number of benzene rings is 1. The number of unbranched alkanes of at least 4 members (excludes halogenated alkanes) is 1. The van der Waals surface area contributed by atoms with Gasteiger partial charge in [0.25, 0.3) is 5.91 Å². The summed E-state index contributed by atoms with van der Waals surface area (Å²) in [5.74, 6) is -0.00276. The molecule has 0 fully saturated rings. The van der Waals surface area contributed by atoms with Crippen LogP contribution in [-0.4, -0.2) is 19.0 Å². The highest BCUT2D eigenvalue weighted by Gasteiger charge is 2.07. The first-order valence-electron chi connectivity index (χ1n) is 4.98. The maximum Gasteiger partial charge on any atom is 0.252 e. The standard InChI is InChI=1S/C11H15IN2O/c12-10-6-2-1-5-9(10)11(15)14-8-4-3-7-13/h1-2,5-6H,3-4,7-8,13H2,(H,14,15). The lowest BCUT2D eigenvalue weighted by molar-refractivity contribution is 0.0952. The Balaban J connectivity index is 2.44. The number of nitrogens with one attached hydrogen (secondary N) is 1. The van der Waals surface area contributed by atoms with Crippen molar-refractivity contribution in [2.75, 3.05) is 13.1 Å². The van der Waals surface area contributed by atoms with E-state index in [9.17, 15) is 4.79 Å². The van der Waals surface area contributed by atoms with Crippen molar-refractivity contribution in [1.29, 1.82) is 0 Å². The molecule has 0 spiro atoms. The van der Waals surface area contributed by atoms with Gasteiger partial charge in [0.05, 0.1) is 5.56 Å². The Morgan fingerprint density at radius 3 is 2.73 bits per heavy atom. The van der Waals surface area contributed by atoms with Gasteiger partial charge in [0.15, 0.2) is 0 Å². The predicted octanol–water partition coefficient (Wildman–Crippen LogP) is 1.76. The number of rotatable bonds is 5. The zero-order valence-electron chi connectivity index (χ0n) is 8.50. The van der Waals surface area contributed by atoms with E-state index in [0.29, 0.717) is 13.1 Å². The van der Waals surface area contributed by atoms with Crippen molar-refractivity contribution in [3.8, 4) is 0 Å². The van der Waals surface area contributed by atoms with Gasteiger partial charge in [-0.2, -0.15) is 0 Å². The molecule has 0 aliphatic heterocycles. The Morgan fingerprint density at radius 2 is 2.07 bits per heavy atom. The average Bonchev–Trinajstić information content (AvgIpc) is 2.25. The minimum atomic E-state index is -0.00276. The highest BCUT2D eigenvalue weighted by molar-refractivity contribution is 14.1. The molecule has 4 heteroatoms. The van der Waals surface area contributed by atoms with Crippen LogP contribution in [0.15, 0.2) is 24.3 Å². The van der Waals surface area contributed by atoms with E-state index >= 15 is 0 Å². The van der Waals surface area contributed by atoms with Crippen LogP contribution in [-0.2, 0) is 0 Å². The Hall–Kier alpha value is -0.620. The van der Waals surface area contributed by atoms with Crippen molar-refractivity contribution < 1.29 is 4.79 Å². The smallest absolute Gasteiger partial charge is 0.252 e. The Morgan fingerprint density at radius 1 is 1.33 bits per heavy atom. The van der Waals surface area contributed by atoms with Gasteiger partial charge < -0.3 is 11.1 Å². The van der Waals surface area contributed by atoms with Gasteiger partial charge >= 0.3 is 0 Å². The van der Waals surface area contributed by atoms with Crippen LogP contribution < -0.4 is 11.1 Å². The zero-order chi connectivity index (χ0) is 11.1. The van der Waals surface area contributed by atoms with Gasteiger partial charge in [-0.15, -0.1) is 0 Å². The van der Waals surface area contributed by atoms with Crippen LogP contribution in [0.1, 0.15) is 23.2 Å². The van der Waals surface area contributed by atoms with Crippen LogP contribution in [0.3, 0.4) is 0 Å². The normalized spacial score (nSPS) is 10.0. The third-order valence-electron chi connectivity index (χ3n) is 2.03. The molecule has 3 N–H and O–H groups in total. The van der Waals surface area contributed by atoms with E-state index in [-0.39, 0.29) is 5.91 Å². The maximum absolute atomic E-state index is 11.7. The molecule has 82 valence electrons. The van der Waals surface area contributed by atoms with E-state index in [1.54, 1.807) is 0 Å². The summed E-state index contributed by atoms with van der Waals surface area (Å²) in [6, 6.07) is 7.55. The largest absolute Gasteiger partial charge is 0.352 e. The molecule has 0 heterocycles. The van der Waals surface area contributed by atoms with Crippen LogP contribution in [0.5, 0.6) is 0 Å². The molecule has 3 nitrogen and oxygen atoms in total. The van der Waals surface area contributed by atoms with Gasteiger partial charge in [0.1, 0.15) is 0 Å². The second-order valence-corrected chi connectivity index (χ2v) is 4.39. The maximum atomic E-state index is 11.7. The quantitative estimate of drug-likeness (QED) is 0.642. The molecule has 0 atom stereocenters. The van der Waals surface area contributed by atoms with E-state index in [1.165, 1.54) is 0 Å². The van der Waals surface area contributed by atoms with E-state index in [1.807, 2.05) is 24.3 Å². The van der Waals surface area contributed by atoms with Gasteiger partial charge in [-0.1, -0.05) is 12.1 Å². The first kappa shape index (κ1) is 12.4. The summed E-state index contributed by atoms with van der Waals surface area (Å²) in [6.45, 7) is 1.37. The minimum Gasteiger partial charge on any atom is -0.352 e. The molecule has 0 saturated heterocycles. The monoisotopic (exact) mass is 318 g/mol. The van der Waals surface area contributed by atoms with E-state index < -0.39 is 0 Å². The number of hydrogen-bond donors (Lipinski definition) is 2. The summed E-state index contributed by atoms with van der Waals surface area (Å²) in [7, 11) is 0. The fourth-order valence-electron chi connectivity index (χ4n) is 1.21. The Kier molecular flexibility index (Phi) is 5.63. The molecule has 0 saturated carbocycles. The van der Waals surface area contributed by atoms with E-state index in [2.05, 4.69) is 27.9 Å². The molecule has 1 amide bonds. The fourth-order valence-corrected chi connectivity index (χ4v) is 1.84. The molecule has 1 aromatic rings. The Labute approximate surface area is 104 Å². The first-order valence-corrected chi connectivity index (χ1v) is 6.06. The van der Waals surface area contributed by atoms with Gasteiger partial charge in [-0.25, -0.2) is 0 Å². The van der Waals surface area contributed by atoms with Gasteiger partial charge in [0, 0.05) is 10.1 Å². The second kappa shape index (κ2) is 6.79. The highest BCUT2D eigenvalue weighted by Crippen LogP contribution is 2.10. The van der Waals surface area contributed by atoms with Crippen molar-refractivity contribution in [1.82, 2.24) is 5.32 Å². The lowest BCUT2D eigenvalue weighted by atomic mass is 10.2. The van der Waals surface area contributed by atoms with Crippen molar-refractivity contribution in [3.63, 3.8) is 0 Å². The first-order chi connectivity index (χ1) is 7.25. The summed E-state index contributed by atoms with van der Waals surface area (Å²) in [5.41, 5.74) is 6.11. The molecular weight excluding hydrogens is 303 g/mol. The van der Waals surface area contributed by atoms with Crippen LogP contribution >= 0.6 is 22.6 Å². The topological polar surface area (TPSA) is 55.1 Å². The SMILES string of the molecule is NCCCCNC(=O)c1ccccc1I. The highest BCUT2D eigenvalue weighted by atomic mass is 127. The Bertz CT molecular complexity index is 328. The average molecular weight is 318 g/mol. The zero-order valence-corrected chi connectivity index (χ0v) is 10.7. The minimum absolute atomic E-state index is 0.00276. The molecule has 0 unspecified atom stereocenters. The molecule has 1 aromatic carbocycles. The van der Waals surface area contributed by atoms with Crippen LogP contribution in [0.4, 0.5) is 0 Å². The third-order valence-corrected chi connectivity index (χ3v) is 2.98. The number of hydrogen-bond acceptors (Lipinski definition) is 2. The summed E-state index contributed by atoms with van der Waals surface area (Å²) in [6.07, 6.45) is 1.89. The molecule has 15 heavy (non-hydrogen) atoms. The predicted molar refractivity (Wildman–Crippen MR) is 69.8 cm³/mol. The third kappa shape index (κ3) is 4.17. The van der Waals surface area contributed by atoms with Crippen molar-refractivity contribution >= 4 is 28.5 Å². The van der Waals surface area contributed by atoms with Gasteiger partial charge in [-0.05, 0) is 54.1 Å². The van der Waals surface area contributed by atoms with Crippen LogP contribution in [0.2, 0.25) is 0 Å². The lowest BCUT2D eigenvalue weighted by Gasteiger charge is -2.05. The lowest BCUT2D eigenvalue weighted by Crippen LogP contribution is -2.25. The fraction of sp³-hybridized carbons (Fsp3) is 0.364. The summed E-state index contributed by atoms with van der Waals surface area (Å²) >= 11 is 2.16. The number of amides is 1. The van der Waals surface area contributed by atoms with Gasteiger partial charge in [-0.3, -0.25) is 4.79 Å². The van der Waals surface area contributed by atoms with Crippen LogP contribution in [0.25, 0.3) is 0 Å². The summed E-state index contributed by atoms with van der Waals surface area (Å²) in [5, 5.41) is 2.88. The number of halogens is 1.